The summed E-state index contributed by atoms with van der Waals surface area (Å²) in [5.74, 6) is 1.37. The van der Waals surface area contributed by atoms with Gasteiger partial charge in [-0.05, 0) is 125 Å². The topological polar surface area (TPSA) is 87.2 Å². The lowest BCUT2D eigenvalue weighted by Crippen LogP contribution is -2.04. The summed E-state index contributed by atoms with van der Waals surface area (Å²) in [6, 6.07) is 65.9. The number of hydrogen-bond donors (Lipinski definition) is 0. The maximum Gasteiger partial charge on any atom is 0.416 e. The summed E-state index contributed by atoms with van der Waals surface area (Å²) in [6.45, 7) is 0. The molecule has 96 heavy (non-hydrogen) atoms. The Balaban J connectivity index is 0.985. The Morgan fingerprint density at radius 1 is 0.208 bits per heavy atom. The van der Waals surface area contributed by atoms with Crippen molar-refractivity contribution < 1.29 is 52.7 Å². The van der Waals surface area contributed by atoms with Gasteiger partial charge in [0, 0.05) is 66.3 Å². The van der Waals surface area contributed by atoms with E-state index in [1.54, 1.807) is 51.6 Å². The third-order valence-corrected chi connectivity index (χ3v) is 16.7. The molecule has 0 aliphatic rings. The van der Waals surface area contributed by atoms with Crippen molar-refractivity contribution in [3.63, 3.8) is 0 Å². The first kappa shape index (κ1) is 60.4. The van der Waals surface area contributed by atoms with E-state index >= 15 is 0 Å². The van der Waals surface area contributed by atoms with Crippen LogP contribution in [0, 0.1) is 0 Å². The third-order valence-electron chi connectivity index (χ3n) is 16.7. The fourth-order valence-corrected chi connectivity index (χ4v) is 12.2. The first-order chi connectivity index (χ1) is 46.1. The van der Waals surface area contributed by atoms with E-state index in [2.05, 4.69) is 0 Å². The van der Waals surface area contributed by atoms with E-state index < -0.39 is 47.0 Å². The van der Waals surface area contributed by atoms with Crippen molar-refractivity contribution >= 4 is 43.6 Å². The van der Waals surface area contributed by atoms with Crippen LogP contribution in [0.4, 0.5) is 52.7 Å². The zero-order valence-electron chi connectivity index (χ0n) is 49.4. The fraction of sp³-hybridized carbons (Fsp3) is 0.0526. The van der Waals surface area contributed by atoms with Gasteiger partial charge in [-0.25, -0.2) is 29.9 Å². The number of hydrogen-bond acceptors (Lipinski definition) is 6. The molecule has 0 unspecified atom stereocenters. The van der Waals surface area contributed by atoms with Crippen molar-refractivity contribution in [2.75, 3.05) is 0 Å². The molecule has 0 saturated heterocycles. The third kappa shape index (κ3) is 11.2. The van der Waals surface area contributed by atoms with Crippen LogP contribution < -0.4 is 0 Å². The predicted octanol–water partition coefficient (Wildman–Crippen LogP) is 21.7. The van der Waals surface area contributed by atoms with Crippen LogP contribution in [0.5, 0.6) is 0 Å². The molecule has 8 nitrogen and oxygen atoms in total. The summed E-state index contributed by atoms with van der Waals surface area (Å²) in [4.78, 5) is 30.3. The van der Waals surface area contributed by atoms with Gasteiger partial charge < -0.3 is 9.13 Å². The lowest BCUT2D eigenvalue weighted by molar-refractivity contribution is -0.138. The highest BCUT2D eigenvalue weighted by Gasteiger charge is 2.36. The van der Waals surface area contributed by atoms with Crippen LogP contribution >= 0.6 is 0 Å². The minimum Gasteiger partial charge on any atom is -0.309 e. The summed E-state index contributed by atoms with van der Waals surface area (Å²) in [5, 5.41) is -0.340. The first-order valence-corrected chi connectivity index (χ1v) is 29.7. The van der Waals surface area contributed by atoms with E-state index in [1.807, 2.05) is 140 Å². The molecule has 0 fully saturated rings. The normalized spacial score (nSPS) is 12.4. The van der Waals surface area contributed by atoms with E-state index in [4.69, 9.17) is 29.9 Å². The summed E-state index contributed by atoms with van der Waals surface area (Å²) in [6.07, 6.45) is -19.3. The Kier molecular flexibility index (Phi) is 14.5. The van der Waals surface area contributed by atoms with Crippen LogP contribution in [0.15, 0.2) is 255 Å². The van der Waals surface area contributed by atoms with Gasteiger partial charge in [-0.15, -0.1) is 0 Å². The predicted molar refractivity (Wildman–Crippen MR) is 345 cm³/mol. The summed E-state index contributed by atoms with van der Waals surface area (Å²) >= 11 is 0. The second-order valence-corrected chi connectivity index (χ2v) is 22.7. The number of aromatic nitrogens is 8. The second-order valence-electron chi connectivity index (χ2n) is 22.7. The molecule has 0 radical (unpaired) electrons. The van der Waals surface area contributed by atoms with Gasteiger partial charge in [-0.2, -0.15) is 52.7 Å². The van der Waals surface area contributed by atoms with Gasteiger partial charge in [0.25, 0.3) is 0 Å². The monoisotopic (exact) mass is 1290 g/mol. The van der Waals surface area contributed by atoms with Gasteiger partial charge in [-0.3, -0.25) is 0 Å². The van der Waals surface area contributed by atoms with Crippen LogP contribution in [0.1, 0.15) is 22.3 Å². The Hall–Kier alpha value is -11.8. The molecule has 11 aromatic carbocycles. The average Bonchev–Trinajstić information content (AvgIpc) is 1.60. The highest BCUT2D eigenvalue weighted by molar-refractivity contribution is 6.11. The summed E-state index contributed by atoms with van der Waals surface area (Å²) in [7, 11) is 0. The fourth-order valence-electron chi connectivity index (χ4n) is 12.2. The highest BCUT2D eigenvalue weighted by atomic mass is 19.4. The molecule has 0 spiro atoms. The Morgan fingerprint density at radius 2 is 0.458 bits per heavy atom. The van der Waals surface area contributed by atoms with Crippen LogP contribution in [-0.4, -0.2) is 39.0 Å². The van der Waals surface area contributed by atoms with Crippen molar-refractivity contribution in [2.24, 2.45) is 0 Å². The molecule has 15 rings (SSSR count). The molecule has 0 N–H and O–H groups in total. The Labute approximate surface area is 536 Å². The van der Waals surface area contributed by atoms with Crippen molar-refractivity contribution in [1.29, 1.82) is 0 Å². The molecule has 0 atom stereocenters. The smallest absolute Gasteiger partial charge is 0.309 e. The largest absolute Gasteiger partial charge is 0.416 e. The molecule has 4 aromatic heterocycles. The van der Waals surface area contributed by atoms with Gasteiger partial charge in [0.15, 0.2) is 34.9 Å². The van der Waals surface area contributed by atoms with E-state index in [-0.39, 0.29) is 78.6 Å². The van der Waals surface area contributed by atoms with E-state index in [0.717, 1.165) is 48.5 Å². The van der Waals surface area contributed by atoms with E-state index in [1.165, 1.54) is 24.3 Å². The number of nitrogens with zero attached hydrogens (tertiary/aromatic N) is 8. The van der Waals surface area contributed by atoms with Gasteiger partial charge in [-0.1, -0.05) is 152 Å². The van der Waals surface area contributed by atoms with Crippen LogP contribution in [0.2, 0.25) is 0 Å². The molecule has 0 amide bonds. The standard InChI is InChI=1S/C76H42F12N8/c77-73(78,79)49-24-32-63-57(37-49)58-38-50(74(80,81)82)25-33-64(58)95(63)53-28-30-55(61(41-53)71-91-67(43-14-5-1-6-15-43)89-68(92-71)44-16-7-2-8-17-44)47-22-13-23-48(36-47)56-31-29-54(42-62(56)72-93-69(45-18-9-3-10-19-45)90-70(94-72)46-20-11-4-12-21-46)96-65-34-26-51(75(83,84)85)39-59(65)60-40-52(76(86,87)88)27-35-66(60)96/h1-42H. The van der Waals surface area contributed by atoms with Gasteiger partial charge in [0.2, 0.25) is 0 Å². The molecule has 0 aliphatic heterocycles. The number of fused-ring (bicyclic) bond motifs is 6. The van der Waals surface area contributed by atoms with Crippen molar-refractivity contribution in [2.45, 2.75) is 24.7 Å². The molecule has 470 valence electrons. The maximum absolute atomic E-state index is 14.5. The van der Waals surface area contributed by atoms with Gasteiger partial charge in [0.05, 0.1) is 44.3 Å². The molecule has 0 bridgehead atoms. The average molecular weight is 1300 g/mol. The molecular weight excluding hydrogens is 1250 g/mol. The molecule has 0 saturated carbocycles. The molecule has 20 heteroatoms. The molecule has 4 heterocycles. The van der Waals surface area contributed by atoms with Crippen LogP contribution in [0.25, 0.3) is 146 Å². The van der Waals surface area contributed by atoms with Crippen molar-refractivity contribution in [3.05, 3.63) is 277 Å². The van der Waals surface area contributed by atoms with Crippen molar-refractivity contribution in [1.82, 2.24) is 39.0 Å². The minimum atomic E-state index is -4.84. The SMILES string of the molecule is FC(F)(F)c1ccc2c(c1)c1cc(C(F)(F)F)ccc1n2-c1ccc(-c2cccc(-c3ccc(-n4c5ccc(C(F)(F)F)cc5c5cc(C(F)(F)F)ccc54)cc3-c3nc(-c4ccccc4)nc(-c4ccccc4)n3)c2)c(-c2nc(-c3ccccc3)nc(-c3ccccc3)n2)c1. The highest BCUT2D eigenvalue weighted by Crippen LogP contribution is 2.46. The lowest BCUT2D eigenvalue weighted by Gasteiger charge is -2.18. The maximum atomic E-state index is 14.5. The number of benzene rings is 11. The zero-order valence-corrected chi connectivity index (χ0v) is 49.4. The number of rotatable bonds is 10. The van der Waals surface area contributed by atoms with E-state index in [0.29, 0.717) is 67.0 Å². The van der Waals surface area contributed by atoms with Gasteiger partial charge in [0.1, 0.15) is 0 Å². The molecule has 0 aliphatic carbocycles. The first-order valence-electron chi connectivity index (χ1n) is 29.7. The summed E-state index contributed by atoms with van der Waals surface area (Å²) in [5.41, 5.74) is 2.38. The molecular formula is C76H42F12N8. The second kappa shape index (κ2) is 23.0. The lowest BCUT2D eigenvalue weighted by atomic mass is 9.92. The van der Waals surface area contributed by atoms with Gasteiger partial charge >= 0.3 is 24.7 Å². The Bertz CT molecular complexity index is 4940. The van der Waals surface area contributed by atoms with Crippen LogP contribution in [-0.2, 0) is 24.7 Å². The zero-order chi connectivity index (χ0) is 66.4. The van der Waals surface area contributed by atoms with E-state index in [9.17, 15) is 52.7 Å². The number of halogens is 12. The number of alkyl halides is 12. The Morgan fingerprint density at radius 3 is 0.719 bits per heavy atom. The van der Waals surface area contributed by atoms with Crippen LogP contribution in [0.3, 0.4) is 0 Å². The quantitative estimate of drug-likeness (QED) is 0.127. The summed E-state index contributed by atoms with van der Waals surface area (Å²) < 4.78 is 177. The van der Waals surface area contributed by atoms with Crippen molar-refractivity contribution in [3.8, 4) is 102 Å². The minimum absolute atomic E-state index is 0.0850. The molecule has 15 aromatic rings.